The molecule has 0 spiro atoms. The van der Waals surface area contributed by atoms with Gasteiger partial charge in [0.2, 0.25) is 5.43 Å². The molecule has 0 aliphatic rings. The summed E-state index contributed by atoms with van der Waals surface area (Å²) in [5, 5.41) is 14.7. The van der Waals surface area contributed by atoms with Gasteiger partial charge in [-0.1, -0.05) is 6.07 Å². The Morgan fingerprint density at radius 2 is 1.92 bits per heavy atom. The Morgan fingerprint density at radius 1 is 1.08 bits per heavy atom. The zero-order chi connectivity index (χ0) is 16.7. The fourth-order valence-corrected chi connectivity index (χ4v) is 2.61. The first-order valence-electron chi connectivity index (χ1n) is 7.53. The number of benzene rings is 2. The van der Waals surface area contributed by atoms with Crippen LogP contribution in [0, 0.1) is 0 Å². The van der Waals surface area contributed by atoms with Crippen LogP contribution < -0.4 is 10.2 Å². The topological polar surface area (TPSA) is 93.9 Å². The van der Waals surface area contributed by atoms with E-state index >= 15 is 0 Å². The minimum Gasteiger partial charge on any atom is -0.491 e. The molecular formula is C17H14N4NaO3. The molecule has 4 rings (SSSR count). The molecule has 0 unspecified atom stereocenters. The van der Waals surface area contributed by atoms with Crippen molar-refractivity contribution in [2.45, 2.75) is 20.0 Å². The first-order chi connectivity index (χ1) is 11.6. The second-order valence-corrected chi connectivity index (χ2v) is 5.72. The maximum absolute atomic E-state index is 12.8. The molecule has 2 aromatic heterocycles. The molecular weight excluding hydrogens is 331 g/mol. The monoisotopic (exact) mass is 345 g/mol. The van der Waals surface area contributed by atoms with E-state index in [9.17, 15) is 4.79 Å². The predicted octanol–water partition coefficient (Wildman–Crippen LogP) is 2.53. The van der Waals surface area contributed by atoms with Gasteiger partial charge in [-0.05, 0) is 54.6 Å². The first-order valence-corrected chi connectivity index (χ1v) is 7.53. The third-order valence-electron chi connectivity index (χ3n) is 3.63. The maximum atomic E-state index is 12.8. The molecule has 0 amide bonds. The zero-order valence-electron chi connectivity index (χ0n) is 14.1. The molecule has 0 saturated carbocycles. The van der Waals surface area contributed by atoms with Crippen molar-refractivity contribution in [3.63, 3.8) is 0 Å². The summed E-state index contributed by atoms with van der Waals surface area (Å²) in [5.41, 5.74) is 1.65. The third kappa shape index (κ3) is 3.30. The van der Waals surface area contributed by atoms with Gasteiger partial charge in [0.15, 0.2) is 5.82 Å². The molecule has 0 bridgehead atoms. The second-order valence-electron chi connectivity index (χ2n) is 5.72. The van der Waals surface area contributed by atoms with E-state index in [2.05, 4.69) is 20.6 Å². The van der Waals surface area contributed by atoms with E-state index in [1.807, 2.05) is 13.8 Å². The van der Waals surface area contributed by atoms with Crippen molar-refractivity contribution < 1.29 is 9.15 Å². The zero-order valence-corrected chi connectivity index (χ0v) is 16.1. The van der Waals surface area contributed by atoms with E-state index < -0.39 is 0 Å². The van der Waals surface area contributed by atoms with Crippen molar-refractivity contribution in [1.29, 1.82) is 0 Å². The number of ether oxygens (including phenoxy) is 1. The number of H-pyrrole nitrogens is 1. The minimum absolute atomic E-state index is 0. The number of hydrogen-bond acceptors (Lipinski definition) is 6. The molecule has 0 aliphatic carbocycles. The molecule has 25 heavy (non-hydrogen) atoms. The van der Waals surface area contributed by atoms with Crippen LogP contribution in [0.1, 0.15) is 13.8 Å². The van der Waals surface area contributed by atoms with Gasteiger partial charge >= 0.3 is 0 Å². The van der Waals surface area contributed by atoms with Gasteiger partial charge in [-0.2, -0.15) is 0 Å². The van der Waals surface area contributed by atoms with Crippen LogP contribution in [-0.2, 0) is 0 Å². The van der Waals surface area contributed by atoms with E-state index in [1.165, 1.54) is 0 Å². The van der Waals surface area contributed by atoms with Gasteiger partial charge in [-0.25, -0.2) is 5.10 Å². The van der Waals surface area contributed by atoms with E-state index in [0.29, 0.717) is 33.5 Å². The van der Waals surface area contributed by atoms with Crippen molar-refractivity contribution in [3.05, 3.63) is 46.6 Å². The third-order valence-corrected chi connectivity index (χ3v) is 3.63. The van der Waals surface area contributed by atoms with Crippen molar-refractivity contribution in [1.82, 2.24) is 20.6 Å². The number of aromatic amines is 1. The smallest absolute Gasteiger partial charge is 0.200 e. The van der Waals surface area contributed by atoms with Crippen molar-refractivity contribution in [3.8, 4) is 17.1 Å². The molecule has 0 atom stereocenters. The standard InChI is InChI=1S/C17H14N4O3.Na/c1-9(2)23-11-4-6-14-13(8-11)16(22)12-5-3-10(7-15(12)24-14)17-18-20-21-19-17;/h3-9H,1-2H3,(H,18,19,20,21);. The number of nitrogens with zero attached hydrogens (tertiary/aromatic N) is 3. The molecule has 0 aliphatic heterocycles. The molecule has 0 saturated heterocycles. The van der Waals surface area contributed by atoms with Crippen LogP contribution in [0.3, 0.4) is 0 Å². The SMILES string of the molecule is CC(C)Oc1ccc2oc3cc(-c4nnn[nH]4)ccc3c(=O)c2c1.[Na]. The van der Waals surface area contributed by atoms with Gasteiger partial charge in [-0.3, -0.25) is 4.79 Å². The Hall–Kier alpha value is -2.22. The van der Waals surface area contributed by atoms with E-state index in [1.54, 1.807) is 36.4 Å². The minimum atomic E-state index is -0.0947. The quantitative estimate of drug-likeness (QED) is 0.453. The first kappa shape index (κ1) is 17.6. The average molecular weight is 345 g/mol. The predicted molar refractivity (Wildman–Crippen MR) is 94.7 cm³/mol. The van der Waals surface area contributed by atoms with E-state index in [-0.39, 0.29) is 41.1 Å². The van der Waals surface area contributed by atoms with Gasteiger partial charge in [0.05, 0.1) is 16.9 Å². The summed E-state index contributed by atoms with van der Waals surface area (Å²) in [6, 6.07) is 10.5. The number of nitrogens with one attached hydrogen (secondary N) is 1. The van der Waals surface area contributed by atoms with E-state index in [4.69, 9.17) is 9.15 Å². The van der Waals surface area contributed by atoms with Crippen molar-refractivity contribution in [2.24, 2.45) is 0 Å². The summed E-state index contributed by atoms with van der Waals surface area (Å²) < 4.78 is 11.5. The number of fused-ring (bicyclic) bond motifs is 2. The second kappa shape index (κ2) is 6.95. The number of hydrogen-bond donors (Lipinski definition) is 1. The summed E-state index contributed by atoms with van der Waals surface area (Å²) in [6.07, 6.45) is 0.0352. The Balaban J connectivity index is 0.00000182. The van der Waals surface area contributed by atoms with Gasteiger partial charge in [-0.15, -0.1) is 5.10 Å². The van der Waals surface area contributed by atoms with Gasteiger partial charge in [0.25, 0.3) is 0 Å². The molecule has 0 fully saturated rings. The number of rotatable bonds is 3. The average Bonchev–Trinajstić information content (AvgIpc) is 3.09. The normalized spacial score (nSPS) is 11.0. The number of aromatic nitrogens is 4. The van der Waals surface area contributed by atoms with Crippen LogP contribution >= 0.6 is 0 Å². The van der Waals surface area contributed by atoms with Gasteiger partial charge in [0, 0.05) is 35.1 Å². The maximum Gasteiger partial charge on any atom is 0.200 e. The van der Waals surface area contributed by atoms with Crippen LogP contribution in [0.2, 0.25) is 0 Å². The molecule has 7 nitrogen and oxygen atoms in total. The van der Waals surface area contributed by atoms with Crippen LogP contribution in [0.25, 0.3) is 33.3 Å². The summed E-state index contributed by atoms with van der Waals surface area (Å²) in [5.74, 6) is 1.16. The number of tetrazole rings is 1. The summed E-state index contributed by atoms with van der Waals surface area (Å²) in [6.45, 7) is 3.87. The van der Waals surface area contributed by atoms with Gasteiger partial charge < -0.3 is 9.15 Å². The fraction of sp³-hybridized carbons (Fsp3) is 0.176. The van der Waals surface area contributed by atoms with Crippen molar-refractivity contribution >= 4 is 51.5 Å². The van der Waals surface area contributed by atoms with E-state index in [0.717, 1.165) is 5.56 Å². The fourth-order valence-electron chi connectivity index (χ4n) is 2.61. The molecule has 121 valence electrons. The largest absolute Gasteiger partial charge is 0.491 e. The molecule has 1 N–H and O–H groups in total. The van der Waals surface area contributed by atoms with Crippen LogP contribution in [0.15, 0.2) is 45.6 Å². The molecule has 2 aromatic carbocycles. The Bertz CT molecular complexity index is 1090. The summed E-state index contributed by atoms with van der Waals surface area (Å²) in [7, 11) is 0. The Morgan fingerprint density at radius 3 is 2.64 bits per heavy atom. The van der Waals surface area contributed by atoms with Gasteiger partial charge in [0.1, 0.15) is 16.9 Å². The van der Waals surface area contributed by atoms with Crippen LogP contribution in [0.5, 0.6) is 5.75 Å². The molecule has 8 heteroatoms. The molecule has 2 heterocycles. The van der Waals surface area contributed by atoms with Crippen LogP contribution in [-0.4, -0.2) is 56.3 Å². The Kier molecular flexibility index (Phi) is 4.89. The van der Waals surface area contributed by atoms with Crippen molar-refractivity contribution in [2.75, 3.05) is 0 Å². The summed E-state index contributed by atoms with van der Waals surface area (Å²) in [4.78, 5) is 12.8. The molecule has 1 radical (unpaired) electrons. The summed E-state index contributed by atoms with van der Waals surface area (Å²) >= 11 is 0. The van der Waals surface area contributed by atoms with Crippen LogP contribution in [0.4, 0.5) is 0 Å². The Labute approximate surface area is 164 Å². The molecule has 4 aromatic rings.